The van der Waals surface area contributed by atoms with E-state index in [2.05, 4.69) is 10.3 Å². The minimum atomic E-state index is -0.957. The molecule has 0 spiro atoms. The molecule has 1 N–H and O–H groups in total. The molecule has 1 unspecified atom stereocenters. The highest BCUT2D eigenvalue weighted by molar-refractivity contribution is 6.11. The van der Waals surface area contributed by atoms with Crippen LogP contribution in [-0.2, 0) is 20.8 Å². The van der Waals surface area contributed by atoms with E-state index in [-0.39, 0.29) is 18.0 Å². The molecule has 0 aliphatic carbocycles. The molecular weight excluding hydrogens is 465 g/mol. The van der Waals surface area contributed by atoms with Crippen LogP contribution in [0.25, 0.3) is 22.0 Å². The minimum absolute atomic E-state index is 0.118. The topological polar surface area (TPSA) is 95.7 Å². The van der Waals surface area contributed by atoms with Crippen LogP contribution in [0, 0.1) is 5.82 Å². The second-order valence-electron chi connectivity index (χ2n) is 9.50. The SMILES string of the molecule is CC1(C)O[C@H]2OC(Cn3nnc(C(=O)c4ccc(F)cc4)c3-c3ccc4ccccc4c3)[C@H](O)[C@H]2O1. The van der Waals surface area contributed by atoms with Gasteiger partial charge in [-0.25, -0.2) is 9.07 Å². The first-order chi connectivity index (χ1) is 17.3. The first-order valence-corrected chi connectivity index (χ1v) is 11.7. The number of ketones is 1. The van der Waals surface area contributed by atoms with Crippen molar-refractivity contribution in [2.45, 2.75) is 50.8 Å². The number of aliphatic hydroxyl groups excluding tert-OH is 1. The van der Waals surface area contributed by atoms with Gasteiger partial charge in [0.2, 0.25) is 5.78 Å². The predicted molar refractivity (Wildman–Crippen MR) is 128 cm³/mol. The van der Waals surface area contributed by atoms with Gasteiger partial charge >= 0.3 is 0 Å². The Bertz CT molecular complexity index is 1450. The van der Waals surface area contributed by atoms with E-state index in [0.29, 0.717) is 11.3 Å². The summed E-state index contributed by atoms with van der Waals surface area (Å²) in [5.41, 5.74) is 1.62. The van der Waals surface area contributed by atoms with E-state index in [1.165, 1.54) is 24.3 Å². The number of carbonyl (C=O) groups excluding carboxylic acids is 1. The van der Waals surface area contributed by atoms with Gasteiger partial charge in [0.25, 0.3) is 0 Å². The summed E-state index contributed by atoms with van der Waals surface area (Å²) >= 11 is 0. The highest BCUT2D eigenvalue weighted by Gasteiger charge is 2.54. The van der Waals surface area contributed by atoms with E-state index < -0.39 is 36.2 Å². The Hall–Kier alpha value is -3.50. The number of hydrogen-bond donors (Lipinski definition) is 1. The zero-order chi connectivity index (χ0) is 25.0. The monoisotopic (exact) mass is 489 g/mol. The van der Waals surface area contributed by atoms with Crippen LogP contribution in [0.2, 0.25) is 0 Å². The molecule has 2 fully saturated rings. The minimum Gasteiger partial charge on any atom is -0.387 e. The lowest BCUT2D eigenvalue weighted by Crippen LogP contribution is -2.36. The van der Waals surface area contributed by atoms with Gasteiger partial charge in [-0.05, 0) is 55.0 Å². The van der Waals surface area contributed by atoms with Crippen molar-refractivity contribution in [1.82, 2.24) is 15.0 Å². The van der Waals surface area contributed by atoms with Crippen LogP contribution in [-0.4, -0.2) is 56.3 Å². The normalized spacial score (nSPS) is 24.8. The van der Waals surface area contributed by atoms with Crippen molar-refractivity contribution in [3.8, 4) is 11.3 Å². The molecule has 9 heteroatoms. The fourth-order valence-corrected chi connectivity index (χ4v) is 4.83. The van der Waals surface area contributed by atoms with E-state index in [1.54, 1.807) is 18.5 Å². The average Bonchev–Trinajstić information content (AvgIpc) is 3.50. The molecule has 4 atom stereocenters. The maximum Gasteiger partial charge on any atom is 0.215 e. The highest BCUT2D eigenvalue weighted by Crippen LogP contribution is 2.38. The first kappa shape index (κ1) is 22.9. The Labute approximate surface area is 206 Å². The Morgan fingerprint density at radius 3 is 2.56 bits per heavy atom. The second kappa shape index (κ2) is 8.56. The summed E-state index contributed by atoms with van der Waals surface area (Å²) < 4.78 is 32.5. The maximum atomic E-state index is 13.5. The molecule has 2 aliphatic heterocycles. The first-order valence-electron chi connectivity index (χ1n) is 11.7. The summed E-state index contributed by atoms with van der Waals surface area (Å²) in [6.45, 7) is 3.64. The highest BCUT2D eigenvalue weighted by atomic mass is 19.1. The van der Waals surface area contributed by atoms with Crippen LogP contribution < -0.4 is 0 Å². The number of hydrogen-bond acceptors (Lipinski definition) is 7. The summed E-state index contributed by atoms with van der Waals surface area (Å²) in [6, 6.07) is 19.0. The van der Waals surface area contributed by atoms with E-state index >= 15 is 0 Å². The number of nitrogens with zero attached hydrogens (tertiary/aromatic N) is 3. The lowest BCUT2D eigenvalue weighted by molar-refractivity contribution is -0.216. The molecule has 0 saturated carbocycles. The van der Waals surface area contributed by atoms with Crippen molar-refractivity contribution >= 4 is 16.6 Å². The Morgan fingerprint density at radius 1 is 1.06 bits per heavy atom. The third-order valence-corrected chi connectivity index (χ3v) is 6.55. The standard InChI is InChI=1S/C27H24FN3O5/c1-27(2)35-25-24(33)20(34-26(25)36-27)14-31-22(18-8-7-15-5-3-4-6-17(15)13-18)21(29-30-31)23(32)16-9-11-19(28)12-10-16/h3-13,20,24-26,33H,14H2,1-2H3/t20?,24-,25+,26+/m0/s1. The molecule has 6 rings (SSSR count). The fourth-order valence-electron chi connectivity index (χ4n) is 4.83. The third kappa shape index (κ3) is 4.00. The summed E-state index contributed by atoms with van der Waals surface area (Å²) in [7, 11) is 0. The summed E-state index contributed by atoms with van der Waals surface area (Å²) in [5.74, 6) is -1.67. The number of benzene rings is 3. The van der Waals surface area contributed by atoms with Crippen LogP contribution >= 0.6 is 0 Å². The molecule has 3 aromatic carbocycles. The number of rotatable bonds is 5. The fraction of sp³-hybridized carbons (Fsp3) is 0.296. The number of aromatic nitrogens is 3. The molecule has 3 heterocycles. The van der Waals surface area contributed by atoms with E-state index in [1.807, 2.05) is 42.5 Å². The molecule has 0 bridgehead atoms. The quantitative estimate of drug-likeness (QED) is 0.427. The van der Waals surface area contributed by atoms with Gasteiger partial charge in [-0.1, -0.05) is 41.6 Å². The third-order valence-electron chi connectivity index (χ3n) is 6.55. The molecular formula is C27H24FN3O5. The lowest BCUT2D eigenvalue weighted by atomic mass is 10.00. The molecule has 2 saturated heterocycles. The van der Waals surface area contributed by atoms with Crippen molar-refractivity contribution in [3.05, 3.63) is 83.8 Å². The van der Waals surface area contributed by atoms with Gasteiger partial charge in [-0.3, -0.25) is 4.79 Å². The molecule has 0 radical (unpaired) electrons. The van der Waals surface area contributed by atoms with E-state index in [0.717, 1.165) is 16.3 Å². The molecule has 0 amide bonds. The Balaban J connectivity index is 1.39. The molecule has 36 heavy (non-hydrogen) atoms. The Kier molecular flexibility index (Phi) is 5.45. The molecule has 8 nitrogen and oxygen atoms in total. The summed E-state index contributed by atoms with van der Waals surface area (Å²) in [5, 5.41) is 21.4. The van der Waals surface area contributed by atoms with Gasteiger partial charge in [0.05, 0.1) is 6.54 Å². The van der Waals surface area contributed by atoms with Crippen molar-refractivity contribution in [3.63, 3.8) is 0 Å². The number of halogens is 1. The van der Waals surface area contributed by atoms with Gasteiger partial charge in [-0.15, -0.1) is 5.10 Å². The van der Waals surface area contributed by atoms with Crippen LogP contribution in [0.5, 0.6) is 0 Å². The van der Waals surface area contributed by atoms with E-state index in [4.69, 9.17) is 14.2 Å². The molecule has 2 aliphatic rings. The van der Waals surface area contributed by atoms with Gasteiger partial charge in [0.15, 0.2) is 17.8 Å². The maximum absolute atomic E-state index is 13.5. The van der Waals surface area contributed by atoms with Crippen molar-refractivity contribution in [2.24, 2.45) is 0 Å². The van der Waals surface area contributed by atoms with Crippen LogP contribution in [0.4, 0.5) is 4.39 Å². The number of fused-ring (bicyclic) bond motifs is 2. The molecule has 1 aromatic heterocycles. The van der Waals surface area contributed by atoms with Gasteiger partial charge in [0, 0.05) is 11.1 Å². The molecule has 4 aromatic rings. The zero-order valence-electron chi connectivity index (χ0n) is 19.7. The summed E-state index contributed by atoms with van der Waals surface area (Å²) in [6.07, 6.45) is -2.97. The van der Waals surface area contributed by atoms with Gasteiger partial charge in [-0.2, -0.15) is 0 Å². The number of carbonyl (C=O) groups is 1. The van der Waals surface area contributed by atoms with Crippen molar-refractivity contribution in [1.29, 1.82) is 0 Å². The molecule has 184 valence electrons. The largest absolute Gasteiger partial charge is 0.387 e. The Morgan fingerprint density at radius 2 is 1.81 bits per heavy atom. The second-order valence-corrected chi connectivity index (χ2v) is 9.50. The van der Waals surface area contributed by atoms with Gasteiger partial charge in [0.1, 0.15) is 29.8 Å². The number of ether oxygens (including phenoxy) is 3. The predicted octanol–water partition coefficient (Wildman–Crippen LogP) is 3.71. The van der Waals surface area contributed by atoms with Gasteiger partial charge < -0.3 is 19.3 Å². The van der Waals surface area contributed by atoms with Crippen LogP contribution in [0.1, 0.15) is 29.9 Å². The zero-order valence-corrected chi connectivity index (χ0v) is 19.7. The number of aliphatic hydroxyl groups is 1. The van der Waals surface area contributed by atoms with E-state index in [9.17, 15) is 14.3 Å². The lowest BCUT2D eigenvalue weighted by Gasteiger charge is -2.23. The van der Waals surface area contributed by atoms with Crippen molar-refractivity contribution in [2.75, 3.05) is 0 Å². The smallest absolute Gasteiger partial charge is 0.215 e. The average molecular weight is 490 g/mol. The van der Waals surface area contributed by atoms with Crippen LogP contribution in [0.15, 0.2) is 66.7 Å². The van der Waals surface area contributed by atoms with Crippen LogP contribution in [0.3, 0.4) is 0 Å². The van der Waals surface area contributed by atoms with Crippen molar-refractivity contribution < 1.29 is 28.5 Å². The summed E-state index contributed by atoms with van der Waals surface area (Å²) in [4.78, 5) is 13.4.